The summed E-state index contributed by atoms with van der Waals surface area (Å²) in [5.41, 5.74) is 5.65. The third-order valence-electron chi connectivity index (χ3n) is 5.68. The van der Waals surface area contributed by atoms with Crippen LogP contribution in [0.3, 0.4) is 0 Å². The first-order valence-corrected chi connectivity index (χ1v) is 9.87. The van der Waals surface area contributed by atoms with E-state index >= 15 is 0 Å². The summed E-state index contributed by atoms with van der Waals surface area (Å²) in [7, 11) is 0. The largest absolute Gasteiger partial charge is 0.379 e. The molecule has 30 heavy (non-hydrogen) atoms. The molecule has 4 rings (SSSR count). The number of benzene rings is 1. The van der Waals surface area contributed by atoms with Crippen molar-refractivity contribution >= 4 is 5.91 Å². The minimum Gasteiger partial charge on any atom is -0.379 e. The molecule has 1 aromatic carbocycles. The van der Waals surface area contributed by atoms with Crippen molar-refractivity contribution in [3.05, 3.63) is 46.9 Å². The molecule has 0 bridgehead atoms. The number of nitrogens with zero attached hydrogens (tertiary/aromatic N) is 3. The Bertz CT molecular complexity index is 947. The van der Waals surface area contributed by atoms with Gasteiger partial charge in [0.2, 0.25) is 11.8 Å². The lowest BCUT2D eigenvalue weighted by Gasteiger charge is -2.34. The van der Waals surface area contributed by atoms with Crippen LogP contribution in [0.4, 0.5) is 13.2 Å². The quantitative estimate of drug-likeness (QED) is 0.716. The number of rotatable bonds is 6. The second kappa shape index (κ2) is 7.99. The maximum Gasteiger partial charge on any atom is 0.237 e. The predicted molar refractivity (Wildman–Crippen MR) is 98.8 cm³/mol. The summed E-state index contributed by atoms with van der Waals surface area (Å²) < 4.78 is 50.9. The van der Waals surface area contributed by atoms with E-state index in [1.165, 1.54) is 0 Å². The van der Waals surface area contributed by atoms with Crippen LogP contribution < -0.4 is 5.73 Å². The van der Waals surface area contributed by atoms with Crippen LogP contribution >= 0.6 is 0 Å². The van der Waals surface area contributed by atoms with Crippen molar-refractivity contribution in [1.29, 1.82) is 0 Å². The van der Waals surface area contributed by atoms with Crippen LogP contribution in [0.25, 0.3) is 0 Å². The Labute approximate surface area is 171 Å². The first-order valence-electron chi connectivity index (χ1n) is 9.87. The highest BCUT2D eigenvalue weighted by Crippen LogP contribution is 2.35. The highest BCUT2D eigenvalue weighted by molar-refractivity contribution is 5.77. The van der Waals surface area contributed by atoms with Gasteiger partial charge < -0.3 is 19.9 Å². The molecule has 1 amide bonds. The van der Waals surface area contributed by atoms with E-state index in [0.29, 0.717) is 44.0 Å². The second-order valence-electron chi connectivity index (χ2n) is 8.28. The Morgan fingerprint density at radius 3 is 2.73 bits per heavy atom. The van der Waals surface area contributed by atoms with E-state index in [-0.39, 0.29) is 35.8 Å². The van der Waals surface area contributed by atoms with E-state index in [2.05, 4.69) is 10.1 Å². The molecule has 2 N–H and O–H groups in total. The van der Waals surface area contributed by atoms with Crippen molar-refractivity contribution in [1.82, 2.24) is 15.0 Å². The average Bonchev–Trinajstić information content (AvgIpc) is 3.33. The molecular weight excluding hydrogens is 401 g/mol. The molecule has 2 aromatic rings. The van der Waals surface area contributed by atoms with Gasteiger partial charge in [0.05, 0.1) is 24.7 Å². The van der Waals surface area contributed by atoms with E-state index in [1.807, 2.05) is 6.92 Å². The van der Waals surface area contributed by atoms with E-state index in [4.69, 9.17) is 15.0 Å². The maximum atomic E-state index is 13.9. The molecule has 3 heterocycles. The number of hydrogen-bond donors (Lipinski definition) is 1. The highest BCUT2D eigenvalue weighted by Gasteiger charge is 2.42. The summed E-state index contributed by atoms with van der Waals surface area (Å²) in [4.78, 5) is 19.0. The lowest BCUT2D eigenvalue weighted by molar-refractivity contribution is -0.132. The molecule has 2 saturated heterocycles. The normalized spacial score (nSPS) is 21.5. The second-order valence-corrected chi connectivity index (χ2v) is 8.28. The van der Waals surface area contributed by atoms with Gasteiger partial charge in [0, 0.05) is 25.1 Å². The number of halogens is 3. The van der Waals surface area contributed by atoms with Gasteiger partial charge in [0.1, 0.15) is 5.82 Å². The minimum atomic E-state index is -1.26. The van der Waals surface area contributed by atoms with Gasteiger partial charge in [-0.3, -0.25) is 4.79 Å². The fourth-order valence-corrected chi connectivity index (χ4v) is 3.90. The number of carbonyl (C=O) groups is 1. The molecular formula is C20H23F3N4O3. The van der Waals surface area contributed by atoms with Gasteiger partial charge in [-0.1, -0.05) is 5.16 Å². The molecule has 0 radical (unpaired) electrons. The molecule has 0 aliphatic carbocycles. The molecule has 2 atom stereocenters. The van der Waals surface area contributed by atoms with Crippen molar-refractivity contribution in [2.75, 3.05) is 19.8 Å². The molecule has 162 valence electrons. The first kappa shape index (κ1) is 20.8. The number of aromatic nitrogens is 2. The van der Waals surface area contributed by atoms with Crippen LogP contribution in [0.5, 0.6) is 0 Å². The van der Waals surface area contributed by atoms with E-state index in [9.17, 15) is 18.0 Å². The number of nitrogens with two attached hydrogens (primary N) is 1. The zero-order valence-electron chi connectivity index (χ0n) is 16.5. The summed E-state index contributed by atoms with van der Waals surface area (Å²) in [5, 5.41) is 4.06. The predicted octanol–water partition coefficient (Wildman–Crippen LogP) is 2.40. The van der Waals surface area contributed by atoms with Crippen LogP contribution in [-0.4, -0.2) is 46.7 Å². The number of carbonyl (C=O) groups excluding carboxylic acids is 1. The molecule has 0 saturated carbocycles. The van der Waals surface area contributed by atoms with Crippen molar-refractivity contribution in [3.8, 4) is 0 Å². The highest BCUT2D eigenvalue weighted by atomic mass is 19.2. The molecule has 7 nitrogen and oxygen atoms in total. The fourth-order valence-electron chi connectivity index (χ4n) is 3.90. The molecule has 2 fully saturated rings. The standard InChI is InChI=1S/C20H23F3N4O3/c1-20(9-29-10-20)19-25-18(26-30-19)16-3-2-4-27(16)17(28)7-12(24)5-11-6-14(22)15(23)8-13(11)21/h6,8,12,16H,2-5,7,9-10,24H2,1H3/t12-,16+/m1/s1. The molecule has 10 heteroatoms. The third kappa shape index (κ3) is 3.93. The summed E-state index contributed by atoms with van der Waals surface area (Å²) in [6, 6.07) is 0.202. The number of hydrogen-bond acceptors (Lipinski definition) is 6. The van der Waals surface area contributed by atoms with Crippen LogP contribution in [0.1, 0.15) is 49.5 Å². The molecule has 1 aromatic heterocycles. The topological polar surface area (TPSA) is 94.5 Å². The third-order valence-corrected chi connectivity index (χ3v) is 5.68. The Kier molecular flexibility index (Phi) is 5.54. The number of amides is 1. The van der Waals surface area contributed by atoms with Gasteiger partial charge in [-0.05, 0) is 37.8 Å². The monoisotopic (exact) mass is 424 g/mol. The van der Waals surface area contributed by atoms with Gasteiger partial charge in [-0.25, -0.2) is 13.2 Å². The molecule has 2 aliphatic rings. The molecule has 2 aliphatic heterocycles. The Morgan fingerprint density at radius 2 is 2.03 bits per heavy atom. The van der Waals surface area contributed by atoms with Crippen molar-refractivity contribution in [2.45, 2.75) is 50.1 Å². The number of likely N-dealkylation sites (tertiary alicyclic amines) is 1. The van der Waals surface area contributed by atoms with Gasteiger partial charge in [-0.2, -0.15) is 4.98 Å². The Balaban J connectivity index is 1.41. The molecule has 0 unspecified atom stereocenters. The summed E-state index contributed by atoms with van der Waals surface area (Å²) in [5.74, 6) is -2.58. The van der Waals surface area contributed by atoms with Gasteiger partial charge in [-0.15, -0.1) is 0 Å². The van der Waals surface area contributed by atoms with E-state index in [1.54, 1.807) is 4.90 Å². The zero-order valence-corrected chi connectivity index (χ0v) is 16.5. The van der Waals surface area contributed by atoms with Gasteiger partial charge in [0.25, 0.3) is 0 Å². The van der Waals surface area contributed by atoms with Crippen LogP contribution in [-0.2, 0) is 21.4 Å². The average molecular weight is 424 g/mol. The Morgan fingerprint density at radius 1 is 1.30 bits per heavy atom. The summed E-state index contributed by atoms with van der Waals surface area (Å²) in [6.45, 7) is 3.52. The lowest BCUT2D eigenvalue weighted by Crippen LogP contribution is -2.44. The Hall–Kier alpha value is -2.46. The van der Waals surface area contributed by atoms with Crippen LogP contribution in [0.15, 0.2) is 16.7 Å². The fraction of sp³-hybridized carbons (Fsp3) is 0.550. The van der Waals surface area contributed by atoms with E-state index < -0.39 is 23.5 Å². The SMILES string of the molecule is CC1(c2nc([C@@H]3CCCN3C(=O)C[C@H](N)Cc3cc(F)c(F)cc3F)no2)COC1. The zero-order chi connectivity index (χ0) is 21.5. The van der Waals surface area contributed by atoms with Crippen molar-refractivity contribution < 1.29 is 27.2 Å². The molecule has 0 spiro atoms. The van der Waals surface area contributed by atoms with Gasteiger partial charge >= 0.3 is 0 Å². The smallest absolute Gasteiger partial charge is 0.237 e. The van der Waals surface area contributed by atoms with Crippen molar-refractivity contribution in [3.63, 3.8) is 0 Å². The minimum absolute atomic E-state index is 0.0639. The van der Waals surface area contributed by atoms with Crippen LogP contribution in [0, 0.1) is 17.5 Å². The maximum absolute atomic E-state index is 13.9. The lowest BCUT2D eigenvalue weighted by atomic mass is 9.89. The summed E-state index contributed by atoms with van der Waals surface area (Å²) in [6.07, 6.45) is 1.34. The van der Waals surface area contributed by atoms with E-state index in [0.717, 1.165) is 12.5 Å². The first-order chi connectivity index (χ1) is 14.3. The summed E-state index contributed by atoms with van der Waals surface area (Å²) >= 11 is 0. The number of ether oxygens (including phenoxy) is 1. The van der Waals surface area contributed by atoms with Crippen LogP contribution in [0.2, 0.25) is 0 Å². The van der Waals surface area contributed by atoms with Gasteiger partial charge in [0.15, 0.2) is 17.5 Å². The van der Waals surface area contributed by atoms with Crippen molar-refractivity contribution in [2.24, 2.45) is 5.73 Å².